The Kier molecular flexibility index (Phi) is 14.7. The van der Waals surface area contributed by atoms with Gasteiger partial charge < -0.3 is 9.84 Å². The molecule has 0 aliphatic carbocycles. The van der Waals surface area contributed by atoms with Gasteiger partial charge in [0.05, 0.1) is 0 Å². The van der Waals surface area contributed by atoms with Gasteiger partial charge in [0.25, 0.3) is 0 Å². The van der Waals surface area contributed by atoms with E-state index in [-0.39, 0.29) is 0 Å². The van der Waals surface area contributed by atoms with Crippen LogP contribution in [-0.4, -0.2) is 23.1 Å². The summed E-state index contributed by atoms with van der Waals surface area (Å²) in [7, 11) is 0. The van der Waals surface area contributed by atoms with Crippen LogP contribution in [0.1, 0.15) is 90.9 Å². The summed E-state index contributed by atoms with van der Waals surface area (Å²) in [6.45, 7) is 3.60. The second-order valence-corrected chi connectivity index (χ2v) is 6.10. The van der Waals surface area contributed by atoms with Crippen LogP contribution in [0.4, 0.5) is 0 Å². The van der Waals surface area contributed by atoms with Crippen molar-refractivity contribution < 1.29 is 19.4 Å². The highest BCUT2D eigenvalue weighted by Crippen LogP contribution is 2.09. The van der Waals surface area contributed by atoms with Gasteiger partial charge in [-0.15, -0.1) is 0 Å². The molecule has 23 heavy (non-hydrogen) atoms. The van der Waals surface area contributed by atoms with Crippen LogP contribution in [0.5, 0.6) is 0 Å². The Balaban J connectivity index is 3.31. The standard InChI is InChI=1S/C19H34O4/c1-3-4-5-6-7-8-9-10-11-12-13-14-15-16-18(20)23-17(2)19(21)22/h8-9,17H,3-7,10-16H2,1-2H3,(H,21,22)/b9-8-. The lowest BCUT2D eigenvalue weighted by Gasteiger charge is -2.08. The molecule has 1 unspecified atom stereocenters. The smallest absolute Gasteiger partial charge is 0.344 e. The van der Waals surface area contributed by atoms with Crippen molar-refractivity contribution in [1.82, 2.24) is 0 Å². The molecule has 0 spiro atoms. The van der Waals surface area contributed by atoms with Gasteiger partial charge in [-0.2, -0.15) is 0 Å². The van der Waals surface area contributed by atoms with Gasteiger partial charge in [0.1, 0.15) is 0 Å². The third-order valence-electron chi connectivity index (χ3n) is 3.80. The maximum absolute atomic E-state index is 11.4. The average molecular weight is 326 g/mol. The van der Waals surface area contributed by atoms with Crippen LogP contribution < -0.4 is 0 Å². The normalized spacial score (nSPS) is 12.4. The number of hydrogen-bond acceptors (Lipinski definition) is 3. The Morgan fingerprint density at radius 2 is 1.43 bits per heavy atom. The average Bonchev–Trinajstić information content (AvgIpc) is 2.51. The van der Waals surface area contributed by atoms with E-state index < -0.39 is 18.0 Å². The number of carboxylic acid groups (broad SMARTS) is 1. The maximum atomic E-state index is 11.4. The maximum Gasteiger partial charge on any atom is 0.344 e. The minimum atomic E-state index is -1.10. The number of carboxylic acids is 1. The Hall–Kier alpha value is -1.32. The number of ether oxygens (including phenoxy) is 1. The quantitative estimate of drug-likeness (QED) is 0.253. The van der Waals surface area contributed by atoms with E-state index in [1.165, 1.54) is 51.9 Å². The Morgan fingerprint density at radius 3 is 2.00 bits per heavy atom. The lowest BCUT2D eigenvalue weighted by molar-refractivity contribution is -0.162. The molecule has 4 heteroatoms. The van der Waals surface area contributed by atoms with Crippen LogP contribution in [0.25, 0.3) is 0 Å². The molecule has 0 rings (SSSR count). The fourth-order valence-electron chi connectivity index (χ4n) is 2.29. The zero-order valence-corrected chi connectivity index (χ0v) is 14.9. The van der Waals surface area contributed by atoms with Crippen molar-refractivity contribution in [1.29, 1.82) is 0 Å². The van der Waals surface area contributed by atoms with Crippen molar-refractivity contribution in [3.05, 3.63) is 12.2 Å². The molecule has 0 amide bonds. The molecule has 0 aliphatic heterocycles. The monoisotopic (exact) mass is 326 g/mol. The highest BCUT2D eigenvalue weighted by atomic mass is 16.6. The Labute approximate surface area is 141 Å². The lowest BCUT2D eigenvalue weighted by Crippen LogP contribution is -2.23. The highest BCUT2D eigenvalue weighted by molar-refractivity contribution is 5.77. The van der Waals surface area contributed by atoms with Gasteiger partial charge in [-0.25, -0.2) is 4.79 Å². The molecule has 0 bridgehead atoms. The minimum absolute atomic E-state index is 0.315. The molecule has 134 valence electrons. The molecular formula is C19H34O4. The number of allylic oxidation sites excluding steroid dienone is 2. The van der Waals surface area contributed by atoms with E-state index in [2.05, 4.69) is 19.1 Å². The molecule has 4 nitrogen and oxygen atoms in total. The van der Waals surface area contributed by atoms with Crippen LogP contribution in [0.3, 0.4) is 0 Å². The molecule has 1 atom stereocenters. The van der Waals surface area contributed by atoms with Gasteiger partial charge in [-0.05, 0) is 39.0 Å². The SMILES string of the molecule is CCCCCC/C=C\CCCCCCCC(=O)OC(C)C(=O)O. The summed E-state index contributed by atoms with van der Waals surface area (Å²) in [6, 6.07) is 0. The number of carbonyl (C=O) groups excluding carboxylic acids is 1. The van der Waals surface area contributed by atoms with Crippen molar-refractivity contribution in [2.75, 3.05) is 0 Å². The Morgan fingerprint density at radius 1 is 0.913 bits per heavy atom. The summed E-state index contributed by atoms with van der Waals surface area (Å²) >= 11 is 0. The summed E-state index contributed by atoms with van der Waals surface area (Å²) in [6.07, 6.45) is 16.8. The lowest BCUT2D eigenvalue weighted by atomic mass is 10.1. The molecular weight excluding hydrogens is 292 g/mol. The number of rotatable bonds is 15. The number of aliphatic carboxylic acids is 1. The summed E-state index contributed by atoms with van der Waals surface area (Å²) in [5.74, 6) is -1.51. The van der Waals surface area contributed by atoms with Gasteiger partial charge in [-0.1, -0.05) is 57.6 Å². The molecule has 0 saturated carbocycles. The zero-order valence-electron chi connectivity index (χ0n) is 14.9. The molecule has 0 heterocycles. The first-order valence-corrected chi connectivity index (χ1v) is 9.15. The number of esters is 1. The van der Waals surface area contributed by atoms with Gasteiger partial charge in [0, 0.05) is 6.42 Å². The van der Waals surface area contributed by atoms with Crippen LogP contribution in [0.2, 0.25) is 0 Å². The van der Waals surface area contributed by atoms with E-state index in [9.17, 15) is 9.59 Å². The van der Waals surface area contributed by atoms with Crippen molar-refractivity contribution in [2.45, 2.75) is 97.0 Å². The van der Waals surface area contributed by atoms with E-state index in [0.29, 0.717) is 6.42 Å². The second kappa shape index (κ2) is 15.6. The van der Waals surface area contributed by atoms with Gasteiger partial charge in [0.15, 0.2) is 6.10 Å². The number of unbranched alkanes of at least 4 members (excludes halogenated alkanes) is 9. The van der Waals surface area contributed by atoms with Crippen LogP contribution in [-0.2, 0) is 14.3 Å². The highest BCUT2D eigenvalue weighted by Gasteiger charge is 2.15. The third-order valence-corrected chi connectivity index (χ3v) is 3.80. The van der Waals surface area contributed by atoms with E-state index in [1.807, 2.05) is 0 Å². The third kappa shape index (κ3) is 15.4. The van der Waals surface area contributed by atoms with E-state index >= 15 is 0 Å². The number of hydrogen-bond donors (Lipinski definition) is 1. The molecule has 0 fully saturated rings. The Bertz CT molecular complexity index is 336. The predicted molar refractivity (Wildman–Crippen MR) is 93.4 cm³/mol. The number of carbonyl (C=O) groups is 2. The molecule has 0 aromatic carbocycles. The zero-order chi connectivity index (χ0) is 17.3. The van der Waals surface area contributed by atoms with E-state index in [0.717, 1.165) is 25.7 Å². The topological polar surface area (TPSA) is 63.6 Å². The van der Waals surface area contributed by atoms with E-state index in [1.54, 1.807) is 0 Å². The van der Waals surface area contributed by atoms with Crippen molar-refractivity contribution in [3.63, 3.8) is 0 Å². The van der Waals surface area contributed by atoms with E-state index in [4.69, 9.17) is 9.84 Å². The molecule has 0 aromatic rings. The molecule has 1 N–H and O–H groups in total. The van der Waals surface area contributed by atoms with Crippen LogP contribution >= 0.6 is 0 Å². The van der Waals surface area contributed by atoms with Crippen molar-refractivity contribution in [3.8, 4) is 0 Å². The van der Waals surface area contributed by atoms with Crippen molar-refractivity contribution in [2.24, 2.45) is 0 Å². The summed E-state index contributed by atoms with van der Waals surface area (Å²) in [5.41, 5.74) is 0. The van der Waals surface area contributed by atoms with Gasteiger partial charge >= 0.3 is 11.9 Å². The second-order valence-electron chi connectivity index (χ2n) is 6.10. The summed E-state index contributed by atoms with van der Waals surface area (Å²) < 4.78 is 4.77. The largest absolute Gasteiger partial charge is 0.479 e. The molecule has 0 aromatic heterocycles. The summed E-state index contributed by atoms with van der Waals surface area (Å²) in [4.78, 5) is 21.9. The molecule has 0 radical (unpaired) electrons. The minimum Gasteiger partial charge on any atom is -0.479 e. The first-order chi connectivity index (χ1) is 11.1. The van der Waals surface area contributed by atoms with Gasteiger partial charge in [-0.3, -0.25) is 4.79 Å². The first kappa shape index (κ1) is 21.7. The first-order valence-electron chi connectivity index (χ1n) is 9.15. The fourth-order valence-corrected chi connectivity index (χ4v) is 2.29. The molecule has 0 aliphatic rings. The summed E-state index contributed by atoms with van der Waals surface area (Å²) in [5, 5.41) is 8.63. The van der Waals surface area contributed by atoms with Crippen LogP contribution in [0, 0.1) is 0 Å². The predicted octanol–water partition coefficient (Wildman–Crippen LogP) is 5.26. The molecule has 0 saturated heterocycles. The van der Waals surface area contributed by atoms with Crippen LogP contribution in [0.15, 0.2) is 12.2 Å². The van der Waals surface area contributed by atoms with Gasteiger partial charge in [0.2, 0.25) is 0 Å². The van der Waals surface area contributed by atoms with Crippen molar-refractivity contribution >= 4 is 11.9 Å². The fraction of sp³-hybridized carbons (Fsp3) is 0.789.